The number of aliphatic hydroxyl groups is 1. The maximum Gasteiger partial charge on any atom is 0.225 e. The highest BCUT2D eigenvalue weighted by atomic mass is 16.3. The van der Waals surface area contributed by atoms with E-state index in [9.17, 15) is 0 Å². The summed E-state index contributed by atoms with van der Waals surface area (Å²) in [5.74, 6) is 1.50. The van der Waals surface area contributed by atoms with E-state index < -0.39 is 0 Å². The molecule has 5 heteroatoms. The molecule has 124 valence electrons. The Morgan fingerprint density at radius 3 is 2.27 bits per heavy atom. The lowest BCUT2D eigenvalue weighted by atomic mass is 10.0. The Kier molecular flexibility index (Phi) is 6.15. The van der Waals surface area contributed by atoms with Crippen LogP contribution in [-0.2, 0) is 6.42 Å². The van der Waals surface area contributed by atoms with Crippen LogP contribution in [0.5, 0.6) is 0 Å². The van der Waals surface area contributed by atoms with Gasteiger partial charge in [-0.1, -0.05) is 13.8 Å². The predicted octanol–water partition coefficient (Wildman–Crippen LogP) is 1.84. The molecule has 0 aromatic carbocycles. The van der Waals surface area contributed by atoms with Crippen molar-refractivity contribution in [2.45, 2.75) is 53.0 Å². The van der Waals surface area contributed by atoms with Gasteiger partial charge >= 0.3 is 0 Å². The Labute approximate surface area is 134 Å². The van der Waals surface area contributed by atoms with Crippen LogP contribution in [-0.4, -0.2) is 47.4 Å². The van der Waals surface area contributed by atoms with Crippen molar-refractivity contribution < 1.29 is 5.11 Å². The van der Waals surface area contributed by atoms with Crippen LogP contribution < -0.4 is 10.2 Å². The molecule has 0 unspecified atom stereocenters. The Hall–Kier alpha value is -1.20. The second kappa shape index (κ2) is 7.88. The van der Waals surface area contributed by atoms with E-state index in [1.807, 2.05) is 0 Å². The summed E-state index contributed by atoms with van der Waals surface area (Å²) in [5.41, 5.74) is 3.55. The van der Waals surface area contributed by atoms with Crippen LogP contribution in [0.15, 0.2) is 0 Å². The number of rotatable bonds is 6. The van der Waals surface area contributed by atoms with E-state index >= 15 is 0 Å². The van der Waals surface area contributed by atoms with Gasteiger partial charge in [-0.25, -0.2) is 9.97 Å². The fourth-order valence-corrected chi connectivity index (χ4v) is 3.12. The molecule has 0 aliphatic carbocycles. The molecule has 1 saturated heterocycles. The molecule has 2 heterocycles. The third-order valence-corrected chi connectivity index (χ3v) is 4.34. The van der Waals surface area contributed by atoms with Gasteiger partial charge in [0.2, 0.25) is 5.95 Å². The largest absolute Gasteiger partial charge is 0.395 e. The van der Waals surface area contributed by atoms with Crippen molar-refractivity contribution in [1.29, 1.82) is 0 Å². The lowest BCUT2D eigenvalue weighted by Gasteiger charge is -2.33. The molecule has 5 nitrogen and oxygen atoms in total. The van der Waals surface area contributed by atoms with Crippen LogP contribution in [0.1, 0.15) is 43.6 Å². The van der Waals surface area contributed by atoms with Gasteiger partial charge in [0.25, 0.3) is 0 Å². The molecule has 1 fully saturated rings. The van der Waals surface area contributed by atoms with Gasteiger partial charge in [-0.05, 0) is 44.6 Å². The fraction of sp³-hybridized carbons (Fsp3) is 0.765. The number of piperidine rings is 1. The summed E-state index contributed by atoms with van der Waals surface area (Å²) >= 11 is 0. The fourth-order valence-electron chi connectivity index (χ4n) is 3.12. The Balaban J connectivity index is 2.02. The van der Waals surface area contributed by atoms with Crippen molar-refractivity contribution in [3.8, 4) is 0 Å². The number of aliphatic hydroxyl groups excluding tert-OH is 1. The lowest BCUT2D eigenvalue weighted by molar-refractivity contribution is 0.276. The van der Waals surface area contributed by atoms with Crippen LogP contribution in [0.2, 0.25) is 0 Å². The number of aryl methyl sites for hydroxylation is 2. The molecule has 0 radical (unpaired) electrons. The first-order valence-corrected chi connectivity index (χ1v) is 8.44. The Morgan fingerprint density at radius 2 is 1.77 bits per heavy atom. The van der Waals surface area contributed by atoms with E-state index in [1.165, 1.54) is 5.56 Å². The quantitative estimate of drug-likeness (QED) is 0.840. The normalized spacial score (nSPS) is 16.5. The van der Waals surface area contributed by atoms with Crippen LogP contribution in [0.4, 0.5) is 5.95 Å². The second-order valence-corrected chi connectivity index (χ2v) is 6.71. The third kappa shape index (κ3) is 4.40. The SMILES string of the molecule is Cc1nc(N2CCC(NCCO)CC2)nc(C)c1CC(C)C. The summed E-state index contributed by atoms with van der Waals surface area (Å²) in [4.78, 5) is 11.8. The molecule has 0 amide bonds. The number of hydrogen-bond acceptors (Lipinski definition) is 5. The zero-order valence-electron chi connectivity index (χ0n) is 14.4. The highest BCUT2D eigenvalue weighted by Crippen LogP contribution is 2.21. The minimum Gasteiger partial charge on any atom is -0.395 e. The van der Waals surface area contributed by atoms with Gasteiger partial charge in [0, 0.05) is 37.1 Å². The molecule has 22 heavy (non-hydrogen) atoms. The van der Waals surface area contributed by atoms with Crippen LogP contribution in [0.25, 0.3) is 0 Å². The van der Waals surface area contributed by atoms with Crippen molar-refractivity contribution in [1.82, 2.24) is 15.3 Å². The predicted molar refractivity (Wildman–Crippen MR) is 90.4 cm³/mol. The molecule has 0 bridgehead atoms. The smallest absolute Gasteiger partial charge is 0.225 e. The van der Waals surface area contributed by atoms with E-state index in [4.69, 9.17) is 15.1 Å². The van der Waals surface area contributed by atoms with Gasteiger partial charge in [-0.15, -0.1) is 0 Å². The third-order valence-electron chi connectivity index (χ3n) is 4.34. The van der Waals surface area contributed by atoms with Gasteiger partial charge in [-0.2, -0.15) is 0 Å². The van der Waals surface area contributed by atoms with E-state index in [0.717, 1.165) is 49.7 Å². The van der Waals surface area contributed by atoms with Crippen LogP contribution in [0, 0.1) is 19.8 Å². The average Bonchev–Trinajstić information content (AvgIpc) is 2.49. The monoisotopic (exact) mass is 306 g/mol. The van der Waals surface area contributed by atoms with E-state index in [2.05, 4.69) is 37.9 Å². The van der Waals surface area contributed by atoms with Gasteiger partial charge in [-0.3, -0.25) is 0 Å². The highest BCUT2D eigenvalue weighted by molar-refractivity contribution is 5.37. The number of hydrogen-bond donors (Lipinski definition) is 2. The zero-order valence-corrected chi connectivity index (χ0v) is 14.4. The van der Waals surface area contributed by atoms with Gasteiger partial charge < -0.3 is 15.3 Å². The van der Waals surface area contributed by atoms with Crippen molar-refractivity contribution in [3.05, 3.63) is 17.0 Å². The molecule has 0 saturated carbocycles. The molecule has 0 atom stereocenters. The molecule has 1 aromatic heterocycles. The van der Waals surface area contributed by atoms with E-state index in [0.29, 0.717) is 18.5 Å². The molecule has 2 N–H and O–H groups in total. The number of nitrogens with one attached hydrogen (secondary N) is 1. The molecule has 1 aliphatic heterocycles. The summed E-state index contributed by atoms with van der Waals surface area (Å²) in [7, 11) is 0. The molecular formula is C17H30N4O. The lowest BCUT2D eigenvalue weighted by Crippen LogP contribution is -2.44. The van der Waals surface area contributed by atoms with E-state index in [1.54, 1.807) is 0 Å². The van der Waals surface area contributed by atoms with Gasteiger partial charge in [0.1, 0.15) is 0 Å². The van der Waals surface area contributed by atoms with Crippen molar-refractivity contribution in [2.75, 3.05) is 31.1 Å². The highest BCUT2D eigenvalue weighted by Gasteiger charge is 2.21. The molecule has 0 spiro atoms. The summed E-state index contributed by atoms with van der Waals surface area (Å²) < 4.78 is 0. The first-order valence-electron chi connectivity index (χ1n) is 8.44. The topological polar surface area (TPSA) is 61.3 Å². The molecule has 2 rings (SSSR count). The first-order chi connectivity index (χ1) is 10.5. The maximum atomic E-state index is 8.88. The summed E-state index contributed by atoms with van der Waals surface area (Å²) in [6, 6.07) is 0.505. The summed E-state index contributed by atoms with van der Waals surface area (Å²) in [6.07, 6.45) is 3.20. The van der Waals surface area contributed by atoms with Gasteiger partial charge in [0.05, 0.1) is 6.61 Å². The molecule has 1 aromatic rings. The molecular weight excluding hydrogens is 276 g/mol. The van der Waals surface area contributed by atoms with Crippen LogP contribution in [0.3, 0.4) is 0 Å². The number of nitrogens with zero attached hydrogens (tertiary/aromatic N) is 3. The maximum absolute atomic E-state index is 8.88. The number of aromatic nitrogens is 2. The molecule has 1 aliphatic rings. The zero-order chi connectivity index (χ0) is 16.1. The minimum atomic E-state index is 0.207. The first kappa shape index (κ1) is 17.2. The van der Waals surface area contributed by atoms with Crippen LogP contribution >= 0.6 is 0 Å². The average molecular weight is 306 g/mol. The Morgan fingerprint density at radius 1 is 1.18 bits per heavy atom. The van der Waals surface area contributed by atoms with Crippen molar-refractivity contribution in [2.24, 2.45) is 5.92 Å². The Bertz CT molecular complexity index is 459. The van der Waals surface area contributed by atoms with E-state index in [-0.39, 0.29) is 6.61 Å². The van der Waals surface area contributed by atoms with Crippen molar-refractivity contribution in [3.63, 3.8) is 0 Å². The van der Waals surface area contributed by atoms with Crippen molar-refractivity contribution >= 4 is 5.95 Å². The van der Waals surface area contributed by atoms with Gasteiger partial charge in [0.15, 0.2) is 0 Å². The second-order valence-electron chi connectivity index (χ2n) is 6.71. The number of anilines is 1. The summed E-state index contributed by atoms with van der Waals surface area (Å²) in [6.45, 7) is 11.5. The summed E-state index contributed by atoms with van der Waals surface area (Å²) in [5, 5.41) is 12.3. The minimum absolute atomic E-state index is 0.207. The standard InChI is InChI=1S/C17H30N4O/c1-12(2)11-16-13(3)19-17(20-14(16)4)21-8-5-15(6-9-21)18-7-10-22/h12,15,18,22H,5-11H2,1-4H3.